The molecular weight excluding hydrogens is 502 g/mol. The number of β-lactam (4-membered cyclic amide) rings is 1. The Labute approximate surface area is 227 Å². The van der Waals surface area contributed by atoms with Gasteiger partial charge in [-0.15, -0.1) is 0 Å². The van der Waals surface area contributed by atoms with E-state index in [4.69, 9.17) is 9.47 Å². The van der Waals surface area contributed by atoms with Crippen molar-refractivity contribution in [3.8, 4) is 0 Å². The van der Waals surface area contributed by atoms with Gasteiger partial charge >= 0.3 is 11.9 Å². The lowest BCUT2D eigenvalue weighted by Crippen LogP contribution is -2.61. The van der Waals surface area contributed by atoms with Crippen molar-refractivity contribution >= 4 is 29.3 Å². The zero-order chi connectivity index (χ0) is 28.3. The number of hydrogen-bond acceptors (Lipinski definition) is 8. The number of carbonyl (C=O) groups is 4. The molecule has 2 aliphatic rings. The number of aromatic nitrogens is 1. The Morgan fingerprint density at radius 2 is 1.85 bits per heavy atom. The van der Waals surface area contributed by atoms with E-state index in [9.17, 15) is 24.3 Å². The number of amides is 2. The van der Waals surface area contributed by atoms with Crippen LogP contribution in [-0.4, -0.2) is 57.7 Å². The van der Waals surface area contributed by atoms with Gasteiger partial charge in [-0.05, 0) is 62.9 Å². The fourth-order valence-corrected chi connectivity index (χ4v) is 4.70. The largest absolute Gasteiger partial charge is 0.427 e. The average molecular weight is 536 g/mol. The topological polar surface area (TPSA) is 135 Å². The molecule has 2 N–H and O–H groups in total. The van der Waals surface area contributed by atoms with Crippen LogP contribution in [0.4, 0.5) is 0 Å². The number of nitrogens with one attached hydrogen (secondary N) is 1. The second-order valence-corrected chi connectivity index (χ2v) is 10.8. The number of aliphatic hydroxyl groups is 1. The second-order valence-electron chi connectivity index (χ2n) is 10.8. The molecule has 2 aliphatic heterocycles. The van der Waals surface area contributed by atoms with Crippen molar-refractivity contribution in [2.24, 2.45) is 11.3 Å². The zero-order valence-electron chi connectivity index (χ0n) is 22.5. The molecule has 4 rings (SSSR count). The third-order valence-electron chi connectivity index (χ3n) is 6.77. The summed E-state index contributed by atoms with van der Waals surface area (Å²) in [6.45, 7) is 6.35. The molecule has 0 saturated carbocycles. The third kappa shape index (κ3) is 6.17. The predicted molar refractivity (Wildman–Crippen MR) is 140 cm³/mol. The van der Waals surface area contributed by atoms with Crippen molar-refractivity contribution in [3.63, 3.8) is 0 Å². The molecule has 0 bridgehead atoms. The summed E-state index contributed by atoms with van der Waals surface area (Å²) in [6, 6.07) is 12.3. The lowest BCUT2D eigenvalue weighted by Gasteiger charge is -2.44. The van der Waals surface area contributed by atoms with Crippen LogP contribution in [0.5, 0.6) is 0 Å². The van der Waals surface area contributed by atoms with Gasteiger partial charge in [0.05, 0.1) is 42.1 Å². The Morgan fingerprint density at radius 3 is 2.46 bits per heavy atom. The molecule has 0 unspecified atom stereocenters. The van der Waals surface area contributed by atoms with Crippen LogP contribution in [0.3, 0.4) is 0 Å². The Bertz CT molecular complexity index is 1280. The molecule has 3 atom stereocenters. The second kappa shape index (κ2) is 11.4. The minimum absolute atomic E-state index is 0.0783. The number of nitrogens with zero attached hydrogens (tertiary/aromatic N) is 2. The van der Waals surface area contributed by atoms with E-state index in [2.05, 4.69) is 10.3 Å². The number of pyridine rings is 1. The summed E-state index contributed by atoms with van der Waals surface area (Å²) in [7, 11) is 0. The van der Waals surface area contributed by atoms with E-state index in [-0.39, 0.29) is 30.0 Å². The van der Waals surface area contributed by atoms with Crippen molar-refractivity contribution in [3.05, 3.63) is 71.2 Å². The maximum absolute atomic E-state index is 13.1. The van der Waals surface area contributed by atoms with Crippen molar-refractivity contribution in [2.45, 2.75) is 59.2 Å². The van der Waals surface area contributed by atoms with Gasteiger partial charge in [-0.3, -0.25) is 19.4 Å². The van der Waals surface area contributed by atoms with Crippen LogP contribution in [0.2, 0.25) is 0 Å². The van der Waals surface area contributed by atoms with E-state index in [1.54, 1.807) is 58.2 Å². The molecule has 1 fully saturated rings. The highest BCUT2D eigenvalue weighted by molar-refractivity contribution is 6.06. The van der Waals surface area contributed by atoms with Gasteiger partial charge in [-0.1, -0.05) is 30.3 Å². The summed E-state index contributed by atoms with van der Waals surface area (Å²) in [5.74, 6) is -2.44. The van der Waals surface area contributed by atoms with Gasteiger partial charge in [0.1, 0.15) is 5.70 Å². The van der Waals surface area contributed by atoms with Gasteiger partial charge in [0, 0.05) is 6.20 Å². The first kappa shape index (κ1) is 28.0. The first-order chi connectivity index (χ1) is 18.5. The quantitative estimate of drug-likeness (QED) is 0.284. The predicted octanol–water partition coefficient (Wildman–Crippen LogP) is 2.35. The molecule has 10 nitrogen and oxygen atoms in total. The molecule has 1 aromatic heterocycles. The number of fused-ring (bicyclic) bond motifs is 1. The van der Waals surface area contributed by atoms with E-state index in [1.165, 1.54) is 4.90 Å². The molecule has 2 amide bonds. The summed E-state index contributed by atoms with van der Waals surface area (Å²) in [6.07, 6.45) is 1.32. The Morgan fingerprint density at radius 1 is 1.13 bits per heavy atom. The van der Waals surface area contributed by atoms with E-state index >= 15 is 0 Å². The molecular formula is C29H33N3O7. The minimum Gasteiger partial charge on any atom is -0.427 e. The Kier molecular flexibility index (Phi) is 8.15. The SMILES string of the molecule is C[C@@H](O)[C@H]1C(=O)N2C(C(=O)OCOC(=O)C(C)(C)C)=C(c3ccc(CC(=O)NCc4ccccn4)cc3)C[C@H]12. The van der Waals surface area contributed by atoms with Gasteiger partial charge < -0.3 is 24.8 Å². The molecule has 0 aliphatic carbocycles. The highest BCUT2D eigenvalue weighted by atomic mass is 16.7. The Balaban J connectivity index is 1.47. The van der Waals surface area contributed by atoms with Crippen LogP contribution in [0.25, 0.3) is 5.57 Å². The molecule has 0 radical (unpaired) electrons. The molecule has 39 heavy (non-hydrogen) atoms. The third-order valence-corrected chi connectivity index (χ3v) is 6.77. The summed E-state index contributed by atoms with van der Waals surface area (Å²) in [4.78, 5) is 55.9. The van der Waals surface area contributed by atoms with Crippen LogP contribution in [0.15, 0.2) is 54.4 Å². The normalized spacial score (nSPS) is 19.2. The lowest BCUT2D eigenvalue weighted by molar-refractivity contribution is -0.175. The first-order valence-corrected chi connectivity index (χ1v) is 12.8. The fourth-order valence-electron chi connectivity index (χ4n) is 4.70. The van der Waals surface area contributed by atoms with Crippen LogP contribution in [-0.2, 0) is 41.6 Å². The number of hydrogen-bond donors (Lipinski definition) is 2. The number of aliphatic hydroxyl groups excluding tert-OH is 1. The van der Waals surface area contributed by atoms with Crippen LogP contribution >= 0.6 is 0 Å². The highest BCUT2D eigenvalue weighted by Gasteiger charge is 2.57. The number of esters is 2. The number of ether oxygens (including phenoxy) is 2. The number of carbonyl (C=O) groups excluding carboxylic acids is 4. The van der Waals surface area contributed by atoms with Crippen molar-refractivity contribution in [2.75, 3.05) is 6.79 Å². The monoisotopic (exact) mass is 535 g/mol. The lowest BCUT2D eigenvalue weighted by atomic mass is 9.82. The number of benzene rings is 1. The van der Waals surface area contributed by atoms with E-state index < -0.39 is 36.2 Å². The van der Waals surface area contributed by atoms with E-state index in [0.717, 1.165) is 11.3 Å². The van der Waals surface area contributed by atoms with Crippen LogP contribution in [0, 0.1) is 11.3 Å². The fraction of sp³-hybridized carbons (Fsp3) is 0.414. The highest BCUT2D eigenvalue weighted by Crippen LogP contribution is 2.47. The smallest absolute Gasteiger partial charge is 0.358 e. The molecule has 206 valence electrons. The van der Waals surface area contributed by atoms with Gasteiger partial charge in [0.2, 0.25) is 18.6 Å². The zero-order valence-corrected chi connectivity index (χ0v) is 22.5. The van der Waals surface area contributed by atoms with Gasteiger partial charge in [0.15, 0.2) is 0 Å². The molecule has 1 saturated heterocycles. The first-order valence-electron chi connectivity index (χ1n) is 12.8. The molecule has 1 aromatic carbocycles. The van der Waals surface area contributed by atoms with E-state index in [0.29, 0.717) is 24.1 Å². The molecule has 3 heterocycles. The van der Waals surface area contributed by atoms with Crippen LogP contribution in [0.1, 0.15) is 50.9 Å². The molecule has 0 spiro atoms. The van der Waals surface area contributed by atoms with Crippen molar-refractivity contribution in [1.82, 2.24) is 15.2 Å². The van der Waals surface area contributed by atoms with Crippen molar-refractivity contribution < 1.29 is 33.8 Å². The van der Waals surface area contributed by atoms with Gasteiger partial charge in [0.25, 0.3) is 0 Å². The Hall–Kier alpha value is -4.05. The average Bonchev–Trinajstić information content (AvgIpc) is 3.22. The summed E-state index contributed by atoms with van der Waals surface area (Å²) < 4.78 is 10.3. The summed E-state index contributed by atoms with van der Waals surface area (Å²) >= 11 is 0. The molecule has 2 aromatic rings. The minimum atomic E-state index is -0.866. The van der Waals surface area contributed by atoms with E-state index in [1.807, 2.05) is 18.2 Å². The van der Waals surface area contributed by atoms with Crippen LogP contribution < -0.4 is 5.32 Å². The standard InChI is InChI=1S/C29H33N3O7/c1-17(33)24-22-14-21(25(32(22)26(24)35)27(36)38-16-39-28(37)29(2,3)4)19-10-8-18(9-11-19)13-23(34)31-15-20-7-5-6-12-30-20/h5-12,17,22,24,33H,13-16H2,1-4H3,(H,31,34)/t17-,22-,24-/m1/s1. The maximum Gasteiger partial charge on any atom is 0.358 e. The van der Waals surface area contributed by atoms with Crippen molar-refractivity contribution in [1.29, 1.82) is 0 Å². The molecule has 10 heteroatoms. The number of rotatable bonds is 9. The van der Waals surface area contributed by atoms with Gasteiger partial charge in [-0.2, -0.15) is 0 Å². The maximum atomic E-state index is 13.1. The summed E-state index contributed by atoms with van der Waals surface area (Å²) in [5.41, 5.74) is 2.14. The van der Waals surface area contributed by atoms with Gasteiger partial charge in [-0.25, -0.2) is 4.79 Å². The summed E-state index contributed by atoms with van der Waals surface area (Å²) in [5, 5.41) is 12.9.